The summed E-state index contributed by atoms with van der Waals surface area (Å²) >= 11 is 1.25. The molecule has 6 nitrogen and oxygen atoms in total. The number of anilines is 1. The van der Waals surface area contributed by atoms with Crippen LogP contribution in [0.5, 0.6) is 0 Å². The molecule has 0 aliphatic rings. The minimum absolute atomic E-state index is 0.0805. The Morgan fingerprint density at radius 3 is 2.83 bits per heavy atom. The zero-order valence-corrected chi connectivity index (χ0v) is 13.1. The summed E-state index contributed by atoms with van der Waals surface area (Å²) in [6, 6.07) is 11.1. The van der Waals surface area contributed by atoms with E-state index in [2.05, 4.69) is 20.0 Å². The van der Waals surface area contributed by atoms with Crippen molar-refractivity contribution in [2.75, 3.05) is 12.4 Å². The summed E-state index contributed by atoms with van der Waals surface area (Å²) in [4.78, 5) is 32.0. The maximum absolute atomic E-state index is 12.2. The zero-order valence-electron chi connectivity index (χ0n) is 12.3. The molecule has 1 amide bonds. The van der Waals surface area contributed by atoms with Crippen molar-refractivity contribution in [2.45, 2.75) is 6.42 Å². The standard InChI is InChI=1S/C16H13N3O3S/c1-22-14(20)8-11-9-23-16(17-11)19-15(21)13-7-6-10-4-2-3-5-12(10)18-13/h2-7,9H,8H2,1H3,(H,17,19,21). The van der Waals surface area contributed by atoms with Crippen molar-refractivity contribution in [3.8, 4) is 0 Å². The SMILES string of the molecule is COC(=O)Cc1csc(NC(=O)c2ccc3ccccc3n2)n1. The van der Waals surface area contributed by atoms with E-state index in [-0.39, 0.29) is 18.3 Å². The molecule has 0 bridgehead atoms. The molecule has 3 aromatic rings. The number of nitrogens with one attached hydrogen (secondary N) is 1. The first kappa shape index (κ1) is 15.1. The van der Waals surface area contributed by atoms with Crippen molar-refractivity contribution >= 4 is 39.2 Å². The fourth-order valence-corrected chi connectivity index (χ4v) is 2.72. The normalized spacial score (nSPS) is 10.5. The number of rotatable bonds is 4. The topological polar surface area (TPSA) is 81.2 Å². The molecule has 0 aliphatic carbocycles. The fourth-order valence-electron chi connectivity index (χ4n) is 2.02. The van der Waals surface area contributed by atoms with Gasteiger partial charge in [-0.1, -0.05) is 24.3 Å². The highest BCUT2D eigenvalue weighted by atomic mass is 32.1. The number of hydrogen-bond donors (Lipinski definition) is 1. The Balaban J connectivity index is 1.74. The lowest BCUT2D eigenvalue weighted by atomic mass is 10.2. The number of carbonyl (C=O) groups is 2. The van der Waals surface area contributed by atoms with E-state index >= 15 is 0 Å². The number of fused-ring (bicyclic) bond motifs is 1. The van der Waals surface area contributed by atoms with Crippen LogP contribution in [0.25, 0.3) is 10.9 Å². The quantitative estimate of drug-likeness (QED) is 0.745. The number of hydrogen-bond acceptors (Lipinski definition) is 6. The first-order chi connectivity index (χ1) is 11.2. The van der Waals surface area contributed by atoms with Crippen molar-refractivity contribution in [2.24, 2.45) is 0 Å². The average Bonchev–Trinajstić information content (AvgIpc) is 3.01. The maximum Gasteiger partial charge on any atom is 0.311 e. The zero-order chi connectivity index (χ0) is 16.2. The molecule has 0 aliphatic heterocycles. The van der Waals surface area contributed by atoms with E-state index in [1.165, 1.54) is 18.4 Å². The number of ether oxygens (including phenoxy) is 1. The second-order valence-corrected chi connectivity index (χ2v) is 5.60. The molecular weight excluding hydrogens is 314 g/mol. The van der Waals surface area contributed by atoms with Crippen molar-refractivity contribution in [1.29, 1.82) is 0 Å². The smallest absolute Gasteiger partial charge is 0.311 e. The van der Waals surface area contributed by atoms with Gasteiger partial charge in [-0.25, -0.2) is 9.97 Å². The van der Waals surface area contributed by atoms with Crippen LogP contribution < -0.4 is 5.32 Å². The molecule has 0 radical (unpaired) electrons. The van der Waals surface area contributed by atoms with Gasteiger partial charge in [0.1, 0.15) is 5.69 Å². The molecular formula is C16H13N3O3S. The molecule has 0 fully saturated rings. The van der Waals surface area contributed by atoms with E-state index in [0.29, 0.717) is 16.5 Å². The summed E-state index contributed by atoms with van der Waals surface area (Å²) in [5.41, 5.74) is 1.63. The second kappa shape index (κ2) is 6.53. The highest BCUT2D eigenvalue weighted by molar-refractivity contribution is 7.14. The molecule has 1 N–H and O–H groups in total. The third kappa shape index (κ3) is 3.51. The van der Waals surface area contributed by atoms with Crippen LogP contribution in [0.4, 0.5) is 5.13 Å². The van der Waals surface area contributed by atoms with Gasteiger partial charge in [0.15, 0.2) is 5.13 Å². The number of methoxy groups -OCH3 is 1. The first-order valence-electron chi connectivity index (χ1n) is 6.84. The van der Waals surface area contributed by atoms with E-state index in [9.17, 15) is 9.59 Å². The summed E-state index contributed by atoms with van der Waals surface area (Å²) in [6.45, 7) is 0. The van der Waals surface area contributed by atoms with E-state index < -0.39 is 0 Å². The molecule has 0 atom stereocenters. The number of benzene rings is 1. The molecule has 3 rings (SSSR count). The molecule has 23 heavy (non-hydrogen) atoms. The minimum Gasteiger partial charge on any atom is -0.469 e. The van der Waals surface area contributed by atoms with E-state index in [1.807, 2.05) is 30.3 Å². The van der Waals surface area contributed by atoms with E-state index in [0.717, 1.165) is 10.9 Å². The summed E-state index contributed by atoms with van der Waals surface area (Å²) in [7, 11) is 1.32. The van der Waals surface area contributed by atoms with E-state index in [4.69, 9.17) is 0 Å². The monoisotopic (exact) mass is 327 g/mol. The Kier molecular flexibility index (Phi) is 4.29. The van der Waals surface area contributed by atoms with E-state index in [1.54, 1.807) is 11.4 Å². The lowest BCUT2D eigenvalue weighted by molar-refractivity contribution is -0.139. The van der Waals surface area contributed by atoms with Gasteiger partial charge in [0.05, 0.1) is 24.7 Å². The predicted molar refractivity (Wildman–Crippen MR) is 87.5 cm³/mol. The number of nitrogens with zero attached hydrogens (tertiary/aromatic N) is 2. The first-order valence-corrected chi connectivity index (χ1v) is 7.72. The summed E-state index contributed by atoms with van der Waals surface area (Å²) < 4.78 is 4.58. The van der Waals surface area contributed by atoms with Crippen LogP contribution in [-0.2, 0) is 16.0 Å². The van der Waals surface area contributed by atoms with Crippen molar-refractivity contribution < 1.29 is 14.3 Å². The lowest BCUT2D eigenvalue weighted by Gasteiger charge is -2.03. The van der Waals surface area contributed by atoms with Crippen LogP contribution in [0, 0.1) is 0 Å². The Morgan fingerprint density at radius 1 is 1.17 bits per heavy atom. The summed E-state index contributed by atoms with van der Waals surface area (Å²) in [5.74, 6) is -0.709. The van der Waals surface area contributed by atoms with Crippen LogP contribution in [-0.4, -0.2) is 29.0 Å². The molecule has 0 saturated carbocycles. The molecule has 0 spiro atoms. The Hall–Kier alpha value is -2.80. The highest BCUT2D eigenvalue weighted by Crippen LogP contribution is 2.18. The van der Waals surface area contributed by atoms with Gasteiger partial charge in [-0.3, -0.25) is 14.9 Å². The van der Waals surface area contributed by atoms with Gasteiger partial charge in [0, 0.05) is 10.8 Å². The lowest BCUT2D eigenvalue weighted by Crippen LogP contribution is -2.13. The molecule has 1 aromatic carbocycles. The van der Waals surface area contributed by atoms with Crippen molar-refractivity contribution in [3.63, 3.8) is 0 Å². The van der Waals surface area contributed by atoms with Gasteiger partial charge in [-0.15, -0.1) is 11.3 Å². The van der Waals surface area contributed by atoms with Crippen LogP contribution in [0.1, 0.15) is 16.2 Å². The predicted octanol–water partition coefficient (Wildman–Crippen LogP) is 2.66. The van der Waals surface area contributed by atoms with Gasteiger partial charge >= 0.3 is 5.97 Å². The second-order valence-electron chi connectivity index (χ2n) is 4.74. The Labute approximate surface area is 136 Å². The van der Waals surface area contributed by atoms with Gasteiger partial charge < -0.3 is 4.74 Å². The molecule has 0 unspecified atom stereocenters. The van der Waals surface area contributed by atoms with Crippen molar-refractivity contribution in [1.82, 2.24) is 9.97 Å². The number of pyridine rings is 1. The third-order valence-electron chi connectivity index (χ3n) is 3.16. The third-order valence-corrected chi connectivity index (χ3v) is 3.96. The molecule has 116 valence electrons. The van der Waals surface area contributed by atoms with Crippen molar-refractivity contribution in [3.05, 3.63) is 53.2 Å². The van der Waals surface area contributed by atoms with Gasteiger partial charge in [-0.2, -0.15) is 0 Å². The summed E-state index contributed by atoms with van der Waals surface area (Å²) in [5, 5.41) is 5.79. The Morgan fingerprint density at radius 2 is 2.00 bits per heavy atom. The average molecular weight is 327 g/mol. The molecule has 2 heterocycles. The fraction of sp³-hybridized carbons (Fsp3) is 0.125. The van der Waals surface area contributed by atoms with Crippen LogP contribution >= 0.6 is 11.3 Å². The van der Waals surface area contributed by atoms with Crippen LogP contribution in [0.2, 0.25) is 0 Å². The van der Waals surface area contributed by atoms with Crippen LogP contribution in [0.3, 0.4) is 0 Å². The Bertz CT molecular complexity index is 876. The van der Waals surface area contributed by atoms with Gasteiger partial charge in [0.25, 0.3) is 5.91 Å². The minimum atomic E-state index is -0.371. The maximum atomic E-state index is 12.2. The number of carbonyl (C=O) groups excluding carboxylic acids is 2. The number of esters is 1. The molecule has 0 saturated heterocycles. The van der Waals surface area contributed by atoms with Gasteiger partial charge in [-0.05, 0) is 12.1 Å². The molecule has 7 heteroatoms. The number of amides is 1. The summed E-state index contributed by atoms with van der Waals surface area (Å²) in [6.07, 6.45) is 0.0805. The van der Waals surface area contributed by atoms with Crippen LogP contribution in [0.15, 0.2) is 41.8 Å². The number of para-hydroxylation sites is 1. The molecule has 2 aromatic heterocycles. The largest absolute Gasteiger partial charge is 0.469 e. The number of thiazole rings is 1. The van der Waals surface area contributed by atoms with Gasteiger partial charge in [0.2, 0.25) is 0 Å². The number of aromatic nitrogens is 2. The highest BCUT2D eigenvalue weighted by Gasteiger charge is 2.12.